The van der Waals surface area contributed by atoms with Gasteiger partial charge in [0.1, 0.15) is 11.3 Å². The summed E-state index contributed by atoms with van der Waals surface area (Å²) >= 11 is 0. The average Bonchev–Trinajstić information content (AvgIpc) is 2.18. The number of aromatic carboxylic acids is 1. The van der Waals surface area contributed by atoms with Crippen molar-refractivity contribution in [2.45, 2.75) is 0 Å². The van der Waals surface area contributed by atoms with E-state index in [1.54, 1.807) is 18.2 Å². The van der Waals surface area contributed by atoms with E-state index in [4.69, 9.17) is 5.11 Å². The Labute approximate surface area is 100 Å². The number of carbonyl (C=O) groups is 1. The van der Waals surface area contributed by atoms with E-state index in [1.807, 2.05) is 12.1 Å². The molecule has 2 aromatic carbocycles. The minimum atomic E-state index is -1.12. The zero-order valence-electron chi connectivity index (χ0n) is 9.27. The minimum Gasteiger partial charge on any atom is -1.00 e. The van der Waals surface area contributed by atoms with Gasteiger partial charge in [-0.25, -0.2) is 4.79 Å². The SMILES string of the molecule is O=C(O)c1ccc2ccccc2c1O.[H-].[Li+]. The number of carboxylic acid groups (broad SMARTS) is 1. The second-order valence-corrected chi connectivity index (χ2v) is 2.99. The van der Waals surface area contributed by atoms with Gasteiger partial charge in [0.15, 0.2) is 0 Å². The van der Waals surface area contributed by atoms with Crippen molar-refractivity contribution in [3.05, 3.63) is 42.0 Å². The summed E-state index contributed by atoms with van der Waals surface area (Å²) < 4.78 is 0. The molecule has 0 spiro atoms. The second kappa shape index (κ2) is 4.39. The van der Waals surface area contributed by atoms with Crippen molar-refractivity contribution in [2.24, 2.45) is 0 Å². The summed E-state index contributed by atoms with van der Waals surface area (Å²) in [6.45, 7) is 0. The predicted molar refractivity (Wildman–Crippen MR) is 53.7 cm³/mol. The molecule has 0 bridgehead atoms. The van der Waals surface area contributed by atoms with Gasteiger partial charge in [0.25, 0.3) is 0 Å². The van der Waals surface area contributed by atoms with Gasteiger partial charge in [0, 0.05) is 5.39 Å². The summed E-state index contributed by atoms with van der Waals surface area (Å²) in [6, 6.07) is 10.2. The number of rotatable bonds is 1. The number of phenols is 1. The number of aromatic hydroxyl groups is 1. The molecule has 0 fully saturated rings. The number of hydrogen-bond acceptors (Lipinski definition) is 2. The summed E-state index contributed by atoms with van der Waals surface area (Å²) in [5.41, 5.74) is -0.0660. The standard InChI is InChI=1S/C11H8O3.Li.H/c12-10-8-4-2-1-3-7(8)5-6-9(10)11(13)14;;/h1-6,12H,(H,13,14);;/q;+1;-1. The summed E-state index contributed by atoms with van der Waals surface area (Å²) in [5, 5.41) is 19.8. The Balaban J connectivity index is 0.00000112. The first-order chi connectivity index (χ1) is 6.70. The average molecular weight is 196 g/mol. The fourth-order valence-corrected chi connectivity index (χ4v) is 1.43. The van der Waals surface area contributed by atoms with Gasteiger partial charge in [-0.15, -0.1) is 0 Å². The van der Waals surface area contributed by atoms with E-state index in [-0.39, 0.29) is 31.6 Å². The molecular weight excluding hydrogens is 187 g/mol. The van der Waals surface area contributed by atoms with Crippen LogP contribution < -0.4 is 18.9 Å². The van der Waals surface area contributed by atoms with Gasteiger partial charge in [-0.05, 0) is 11.5 Å². The maximum Gasteiger partial charge on any atom is 1.00 e. The molecule has 0 aliphatic heterocycles. The zero-order valence-corrected chi connectivity index (χ0v) is 8.27. The molecule has 4 heteroatoms. The van der Waals surface area contributed by atoms with Gasteiger partial charge in [-0.1, -0.05) is 30.3 Å². The molecule has 0 amide bonds. The molecule has 72 valence electrons. The normalized spacial score (nSPS) is 9.60. The van der Waals surface area contributed by atoms with Gasteiger partial charge in [0.2, 0.25) is 0 Å². The molecule has 2 N–H and O–H groups in total. The molecule has 2 rings (SSSR count). The summed E-state index contributed by atoms with van der Waals surface area (Å²) in [4.78, 5) is 10.7. The van der Waals surface area contributed by atoms with E-state index in [0.29, 0.717) is 5.39 Å². The van der Waals surface area contributed by atoms with Crippen LogP contribution in [0.1, 0.15) is 11.8 Å². The minimum absolute atomic E-state index is 0. The van der Waals surface area contributed by atoms with Gasteiger partial charge < -0.3 is 11.6 Å². The smallest absolute Gasteiger partial charge is 1.00 e. The van der Waals surface area contributed by atoms with Crippen LogP contribution in [0, 0.1) is 0 Å². The van der Waals surface area contributed by atoms with Crippen LogP contribution in [0.2, 0.25) is 0 Å². The molecule has 0 radical (unpaired) electrons. The Bertz CT molecular complexity index is 514. The Morgan fingerprint density at radius 2 is 1.80 bits per heavy atom. The maximum absolute atomic E-state index is 10.7. The number of fused-ring (bicyclic) bond motifs is 1. The third-order valence-electron chi connectivity index (χ3n) is 2.13. The van der Waals surface area contributed by atoms with E-state index >= 15 is 0 Å². The van der Waals surface area contributed by atoms with Gasteiger partial charge in [-0.3, -0.25) is 0 Å². The van der Waals surface area contributed by atoms with Crippen LogP contribution >= 0.6 is 0 Å². The Morgan fingerprint density at radius 3 is 2.47 bits per heavy atom. The van der Waals surface area contributed by atoms with Crippen LogP contribution in [-0.4, -0.2) is 16.2 Å². The van der Waals surface area contributed by atoms with Crippen LogP contribution in [0.5, 0.6) is 5.75 Å². The summed E-state index contributed by atoms with van der Waals surface area (Å²) in [7, 11) is 0. The Morgan fingerprint density at radius 1 is 1.13 bits per heavy atom. The fourth-order valence-electron chi connectivity index (χ4n) is 1.43. The quantitative estimate of drug-likeness (QED) is 0.596. The molecular formula is C11H9LiO3. The van der Waals surface area contributed by atoms with Crippen molar-refractivity contribution in [2.75, 3.05) is 0 Å². The Hall–Kier alpha value is -1.43. The third-order valence-corrected chi connectivity index (χ3v) is 2.13. The molecule has 0 aliphatic carbocycles. The number of hydrogen-bond donors (Lipinski definition) is 2. The van der Waals surface area contributed by atoms with Crippen molar-refractivity contribution < 1.29 is 35.3 Å². The van der Waals surface area contributed by atoms with Gasteiger partial charge in [-0.2, -0.15) is 0 Å². The van der Waals surface area contributed by atoms with Crippen LogP contribution in [0.25, 0.3) is 10.8 Å². The number of benzene rings is 2. The van der Waals surface area contributed by atoms with Crippen LogP contribution in [0.4, 0.5) is 0 Å². The van der Waals surface area contributed by atoms with E-state index in [9.17, 15) is 9.90 Å². The maximum atomic E-state index is 10.7. The molecule has 0 saturated heterocycles. The van der Waals surface area contributed by atoms with Crippen molar-refractivity contribution in [3.8, 4) is 5.75 Å². The molecule has 0 saturated carbocycles. The van der Waals surface area contributed by atoms with Crippen LogP contribution in [0.15, 0.2) is 36.4 Å². The second-order valence-electron chi connectivity index (χ2n) is 2.99. The molecule has 0 unspecified atom stereocenters. The molecule has 0 aromatic heterocycles. The summed E-state index contributed by atoms with van der Waals surface area (Å²) in [6.07, 6.45) is 0. The van der Waals surface area contributed by atoms with E-state index in [0.717, 1.165) is 5.39 Å². The van der Waals surface area contributed by atoms with Crippen LogP contribution in [-0.2, 0) is 0 Å². The largest absolute Gasteiger partial charge is 1.00 e. The first-order valence-corrected chi connectivity index (χ1v) is 4.14. The topological polar surface area (TPSA) is 57.5 Å². The van der Waals surface area contributed by atoms with E-state index in [2.05, 4.69) is 0 Å². The monoisotopic (exact) mass is 196 g/mol. The zero-order chi connectivity index (χ0) is 10.1. The molecule has 0 atom stereocenters. The first-order valence-electron chi connectivity index (χ1n) is 4.14. The molecule has 3 nitrogen and oxygen atoms in total. The fraction of sp³-hybridized carbons (Fsp3) is 0. The molecule has 2 aromatic rings. The number of carboxylic acids is 1. The molecule has 0 aliphatic rings. The van der Waals surface area contributed by atoms with Crippen molar-refractivity contribution in [3.63, 3.8) is 0 Å². The van der Waals surface area contributed by atoms with E-state index in [1.165, 1.54) is 6.07 Å². The molecule has 15 heavy (non-hydrogen) atoms. The predicted octanol–water partition coefficient (Wildman–Crippen LogP) is -0.640. The van der Waals surface area contributed by atoms with Gasteiger partial charge >= 0.3 is 24.8 Å². The van der Waals surface area contributed by atoms with Gasteiger partial charge in [0.05, 0.1) is 0 Å². The van der Waals surface area contributed by atoms with Crippen LogP contribution in [0.3, 0.4) is 0 Å². The Kier molecular flexibility index (Phi) is 3.41. The summed E-state index contributed by atoms with van der Waals surface area (Å²) in [5.74, 6) is -1.29. The van der Waals surface area contributed by atoms with Crippen molar-refractivity contribution >= 4 is 16.7 Å². The van der Waals surface area contributed by atoms with Crippen molar-refractivity contribution in [1.82, 2.24) is 0 Å². The third kappa shape index (κ3) is 1.99. The van der Waals surface area contributed by atoms with Crippen molar-refractivity contribution in [1.29, 1.82) is 0 Å². The first kappa shape index (κ1) is 11.6. The molecule has 0 heterocycles. The van der Waals surface area contributed by atoms with E-state index < -0.39 is 5.97 Å².